The maximum absolute atomic E-state index is 12.0. The molecule has 10 heteroatoms. The van der Waals surface area contributed by atoms with Gasteiger partial charge in [-0.05, 0) is 13.8 Å². The normalized spacial score (nSPS) is 26.5. The molecule has 2 rings (SSSR count). The number of ketones is 1. The van der Waals surface area contributed by atoms with Crippen LogP contribution in [0, 0.1) is 17.0 Å². The van der Waals surface area contributed by atoms with Gasteiger partial charge in [0.05, 0.1) is 13.0 Å². The number of H-pyrrole nitrogens is 1. The van der Waals surface area contributed by atoms with Crippen molar-refractivity contribution in [2.24, 2.45) is 0 Å². The van der Waals surface area contributed by atoms with Crippen molar-refractivity contribution in [1.29, 1.82) is 0 Å². The Morgan fingerprint density at radius 2 is 2.25 bits per heavy atom. The van der Waals surface area contributed by atoms with Crippen molar-refractivity contribution >= 4 is 5.78 Å². The van der Waals surface area contributed by atoms with Gasteiger partial charge in [-0.25, -0.2) is 4.79 Å². The first-order valence-corrected chi connectivity index (χ1v) is 7.43. The van der Waals surface area contributed by atoms with E-state index in [9.17, 15) is 29.6 Å². The largest absolute Gasteiger partial charge is 0.393 e. The molecule has 10 nitrogen and oxygen atoms in total. The highest BCUT2D eigenvalue weighted by Crippen LogP contribution is 2.41. The number of nitrogens with one attached hydrogen (secondary N) is 1. The highest BCUT2D eigenvalue weighted by Gasteiger charge is 2.58. The van der Waals surface area contributed by atoms with E-state index >= 15 is 0 Å². The van der Waals surface area contributed by atoms with Crippen molar-refractivity contribution in [3.05, 3.63) is 42.7 Å². The zero-order chi connectivity index (χ0) is 18.1. The summed E-state index contributed by atoms with van der Waals surface area (Å²) in [7, 11) is 0. The molecule has 3 atom stereocenters. The molecule has 0 aliphatic carbocycles. The number of ether oxygens (including phenoxy) is 1. The molecule has 1 aliphatic rings. The number of nitro groups is 1. The van der Waals surface area contributed by atoms with Crippen molar-refractivity contribution in [2.75, 3.05) is 6.61 Å². The average molecular weight is 341 g/mol. The Morgan fingerprint density at radius 3 is 2.79 bits per heavy atom. The lowest BCUT2D eigenvalue weighted by Gasteiger charge is -2.23. The van der Waals surface area contributed by atoms with Crippen molar-refractivity contribution in [1.82, 2.24) is 9.55 Å². The maximum atomic E-state index is 12.0. The third kappa shape index (κ3) is 3.15. The number of aliphatic hydroxyl groups excluding tert-OH is 1. The smallest absolute Gasteiger partial charge is 0.330 e. The Labute approximate surface area is 136 Å². The Hall–Kier alpha value is -2.33. The molecule has 0 amide bonds. The van der Waals surface area contributed by atoms with Gasteiger partial charge < -0.3 is 14.6 Å². The highest BCUT2D eigenvalue weighted by molar-refractivity contribution is 5.75. The van der Waals surface area contributed by atoms with E-state index in [1.807, 2.05) is 0 Å². The minimum absolute atomic E-state index is 0.0346. The van der Waals surface area contributed by atoms with E-state index in [0.29, 0.717) is 0 Å². The number of nitrogens with zero attached hydrogens (tertiary/aromatic N) is 2. The molecule has 132 valence electrons. The quantitative estimate of drug-likeness (QED) is 0.524. The van der Waals surface area contributed by atoms with Gasteiger partial charge in [-0.1, -0.05) is 0 Å². The molecule has 1 saturated heterocycles. The molecule has 1 fully saturated rings. The summed E-state index contributed by atoms with van der Waals surface area (Å²) in [5.41, 5.74) is -2.72. The van der Waals surface area contributed by atoms with Crippen LogP contribution in [0.25, 0.3) is 0 Å². The van der Waals surface area contributed by atoms with Crippen molar-refractivity contribution in [3.63, 3.8) is 0 Å². The van der Waals surface area contributed by atoms with E-state index in [1.165, 1.54) is 20.0 Å². The number of aliphatic hydroxyl groups is 1. The van der Waals surface area contributed by atoms with Gasteiger partial charge in [0.2, 0.25) is 0 Å². The second-order valence-electron chi connectivity index (χ2n) is 6.01. The predicted molar refractivity (Wildman–Crippen MR) is 81.3 cm³/mol. The minimum atomic E-state index is -1.67. The summed E-state index contributed by atoms with van der Waals surface area (Å²) in [5, 5.41) is 21.1. The van der Waals surface area contributed by atoms with Gasteiger partial charge in [-0.2, -0.15) is 0 Å². The van der Waals surface area contributed by atoms with Crippen LogP contribution in [0.15, 0.2) is 15.8 Å². The summed E-state index contributed by atoms with van der Waals surface area (Å²) < 4.78 is 6.59. The Bertz CT molecular complexity index is 768. The summed E-state index contributed by atoms with van der Waals surface area (Å²) in [4.78, 5) is 47.8. The fourth-order valence-corrected chi connectivity index (χ4v) is 2.91. The number of aryl methyl sites for hydroxylation is 1. The lowest BCUT2D eigenvalue weighted by Crippen LogP contribution is -2.48. The van der Waals surface area contributed by atoms with Crippen LogP contribution in [0.5, 0.6) is 0 Å². The van der Waals surface area contributed by atoms with E-state index in [0.717, 1.165) is 4.57 Å². The molecule has 2 N–H and O–H groups in total. The van der Waals surface area contributed by atoms with Crippen LogP contribution in [0.3, 0.4) is 0 Å². The summed E-state index contributed by atoms with van der Waals surface area (Å²) in [5.74, 6) is -0.214. The molecule has 0 aromatic carbocycles. The molecule has 1 aromatic rings. The van der Waals surface area contributed by atoms with Crippen LogP contribution in [0.2, 0.25) is 0 Å². The van der Waals surface area contributed by atoms with Gasteiger partial charge in [-0.3, -0.25) is 24.5 Å². The zero-order valence-corrected chi connectivity index (χ0v) is 13.4. The van der Waals surface area contributed by atoms with Crippen LogP contribution >= 0.6 is 0 Å². The van der Waals surface area contributed by atoms with Crippen LogP contribution in [0.4, 0.5) is 0 Å². The van der Waals surface area contributed by atoms with Crippen molar-refractivity contribution < 1.29 is 19.6 Å². The number of Topliss-reactive ketones (excluding diaryl/α,β-unsaturated/α-hetero) is 1. The number of aromatic amines is 1. The zero-order valence-electron chi connectivity index (χ0n) is 13.4. The number of hydrogen-bond donors (Lipinski definition) is 2. The first-order valence-electron chi connectivity index (χ1n) is 7.43. The second-order valence-corrected chi connectivity index (χ2v) is 6.01. The van der Waals surface area contributed by atoms with Crippen LogP contribution in [-0.4, -0.2) is 43.6 Å². The lowest BCUT2D eigenvalue weighted by molar-refractivity contribution is -0.577. The van der Waals surface area contributed by atoms with Crippen molar-refractivity contribution in [2.45, 2.75) is 51.0 Å². The SMILES string of the molecule is CC(=O)CC[C@@]1([N+](=O)[O-])C[C@H](n2cc(C)c(=O)[nH]c2=O)O[C@@H]1CO. The fourth-order valence-electron chi connectivity index (χ4n) is 2.91. The molecule has 1 aliphatic heterocycles. The molecular formula is C14H19N3O7. The van der Waals surface area contributed by atoms with Gasteiger partial charge >= 0.3 is 5.69 Å². The maximum Gasteiger partial charge on any atom is 0.330 e. The standard InChI is InChI=1S/C14H19N3O7/c1-8-6-16(13(21)15-12(8)20)11-5-14(17(22)23,4-3-9(2)19)10(7-18)24-11/h6,10-11,18H,3-5,7H2,1-2H3,(H,15,20,21)/t10-,11-,14-/m1/s1. The lowest BCUT2D eigenvalue weighted by atomic mass is 9.86. The van der Waals surface area contributed by atoms with Gasteiger partial charge in [0, 0.05) is 29.5 Å². The second kappa shape index (κ2) is 6.65. The molecule has 0 bridgehead atoms. The van der Waals surface area contributed by atoms with Crippen LogP contribution in [-0.2, 0) is 9.53 Å². The highest BCUT2D eigenvalue weighted by atomic mass is 16.6. The first kappa shape index (κ1) is 18.0. The molecule has 24 heavy (non-hydrogen) atoms. The Balaban J connectivity index is 2.42. The molecule has 0 spiro atoms. The molecular weight excluding hydrogens is 322 g/mol. The first-order chi connectivity index (χ1) is 11.2. The van der Waals surface area contributed by atoms with Gasteiger partial charge in [0.1, 0.15) is 12.0 Å². The molecule has 1 aromatic heterocycles. The van der Waals surface area contributed by atoms with E-state index in [4.69, 9.17) is 4.74 Å². The molecule has 0 radical (unpaired) electrons. The topological polar surface area (TPSA) is 145 Å². The number of carbonyl (C=O) groups is 1. The van der Waals surface area contributed by atoms with E-state index in [-0.39, 0.29) is 30.6 Å². The van der Waals surface area contributed by atoms with Gasteiger partial charge in [0.15, 0.2) is 6.10 Å². The summed E-state index contributed by atoms with van der Waals surface area (Å²) >= 11 is 0. The van der Waals surface area contributed by atoms with E-state index in [1.54, 1.807) is 0 Å². The van der Waals surface area contributed by atoms with Crippen LogP contribution in [0.1, 0.15) is 38.0 Å². The predicted octanol–water partition coefficient (Wildman–Crippen LogP) is -0.490. The molecule has 0 saturated carbocycles. The summed E-state index contributed by atoms with van der Waals surface area (Å²) in [6.45, 7) is 2.20. The Kier molecular flexibility index (Phi) is 4.99. The third-order valence-corrected chi connectivity index (χ3v) is 4.34. The number of aromatic nitrogens is 2. The monoisotopic (exact) mass is 341 g/mol. The third-order valence-electron chi connectivity index (χ3n) is 4.34. The summed E-state index contributed by atoms with van der Waals surface area (Å²) in [6, 6.07) is 0. The van der Waals surface area contributed by atoms with E-state index < -0.39 is 40.6 Å². The summed E-state index contributed by atoms with van der Waals surface area (Å²) in [6.07, 6.45) is -1.23. The Morgan fingerprint density at radius 1 is 1.58 bits per heavy atom. The van der Waals surface area contributed by atoms with Crippen molar-refractivity contribution in [3.8, 4) is 0 Å². The molecule has 2 heterocycles. The van der Waals surface area contributed by atoms with Crippen LogP contribution < -0.4 is 11.2 Å². The number of carbonyl (C=O) groups excluding carboxylic acids is 1. The average Bonchev–Trinajstić information content (AvgIpc) is 2.88. The molecule has 0 unspecified atom stereocenters. The van der Waals surface area contributed by atoms with Gasteiger partial charge in [-0.15, -0.1) is 0 Å². The number of rotatable bonds is 6. The van der Waals surface area contributed by atoms with E-state index in [2.05, 4.69) is 4.98 Å². The fraction of sp³-hybridized carbons (Fsp3) is 0.643. The minimum Gasteiger partial charge on any atom is -0.393 e. The number of hydrogen-bond acceptors (Lipinski definition) is 7. The van der Waals surface area contributed by atoms with Gasteiger partial charge in [0.25, 0.3) is 11.1 Å².